The van der Waals surface area contributed by atoms with Gasteiger partial charge >= 0.3 is 5.97 Å². The second-order valence-corrected chi connectivity index (χ2v) is 7.49. The number of carbonyl (C=O) groups excluding carboxylic acids is 2. The van der Waals surface area contributed by atoms with Crippen molar-refractivity contribution in [3.8, 4) is 23.0 Å². The minimum atomic E-state index is -0.649. The molecule has 0 amide bonds. The maximum atomic E-state index is 12.8. The first-order valence-electron chi connectivity index (χ1n) is 9.27. The van der Waals surface area contributed by atoms with Crippen LogP contribution >= 0.6 is 15.9 Å². The molecule has 0 unspecified atom stereocenters. The van der Waals surface area contributed by atoms with E-state index in [0.717, 1.165) is 10.0 Å². The zero-order valence-corrected chi connectivity index (χ0v) is 18.3. The van der Waals surface area contributed by atoms with Crippen LogP contribution in [0.5, 0.6) is 23.0 Å². The van der Waals surface area contributed by atoms with Gasteiger partial charge in [-0.2, -0.15) is 0 Å². The van der Waals surface area contributed by atoms with Gasteiger partial charge in [0, 0.05) is 10.5 Å². The molecular formula is C24H17BrO6. The van der Waals surface area contributed by atoms with Crippen molar-refractivity contribution in [2.24, 2.45) is 0 Å². The van der Waals surface area contributed by atoms with Crippen LogP contribution in [0.2, 0.25) is 0 Å². The highest BCUT2D eigenvalue weighted by atomic mass is 79.9. The van der Waals surface area contributed by atoms with Crippen molar-refractivity contribution in [3.63, 3.8) is 0 Å². The summed E-state index contributed by atoms with van der Waals surface area (Å²) >= 11 is 3.38. The van der Waals surface area contributed by atoms with E-state index in [0.29, 0.717) is 22.8 Å². The highest BCUT2D eigenvalue weighted by Crippen LogP contribution is 2.36. The largest absolute Gasteiger partial charge is 0.496 e. The predicted octanol–water partition coefficient (Wildman–Crippen LogP) is 5.30. The molecule has 7 heteroatoms. The summed E-state index contributed by atoms with van der Waals surface area (Å²) in [4.78, 5) is 25.4. The minimum Gasteiger partial charge on any atom is -0.496 e. The van der Waals surface area contributed by atoms with Crippen LogP contribution in [0.4, 0.5) is 0 Å². The molecule has 0 aromatic heterocycles. The number of halogens is 1. The van der Waals surface area contributed by atoms with Crippen LogP contribution in [-0.4, -0.2) is 26.0 Å². The number of rotatable bonds is 5. The van der Waals surface area contributed by atoms with E-state index in [1.807, 2.05) is 24.3 Å². The number of esters is 1. The third-order valence-electron chi connectivity index (χ3n) is 4.65. The topological polar surface area (TPSA) is 71.1 Å². The molecule has 0 aliphatic carbocycles. The summed E-state index contributed by atoms with van der Waals surface area (Å²) in [5.74, 6) is 0.534. The Morgan fingerprint density at radius 1 is 0.968 bits per heavy atom. The van der Waals surface area contributed by atoms with Crippen LogP contribution in [0.1, 0.15) is 26.3 Å². The Bertz CT molecular complexity index is 1170. The average molecular weight is 481 g/mol. The molecule has 156 valence electrons. The molecule has 0 saturated carbocycles. The van der Waals surface area contributed by atoms with Gasteiger partial charge in [-0.1, -0.05) is 34.1 Å². The maximum Gasteiger partial charge on any atom is 0.351 e. The molecule has 1 aliphatic heterocycles. The molecule has 31 heavy (non-hydrogen) atoms. The second kappa shape index (κ2) is 8.65. The molecular weight excluding hydrogens is 464 g/mol. The monoisotopic (exact) mass is 480 g/mol. The average Bonchev–Trinajstić information content (AvgIpc) is 3.09. The van der Waals surface area contributed by atoms with E-state index in [4.69, 9.17) is 18.9 Å². The maximum absolute atomic E-state index is 12.8. The molecule has 3 aromatic rings. The van der Waals surface area contributed by atoms with Crippen molar-refractivity contribution in [2.75, 3.05) is 14.2 Å². The first kappa shape index (κ1) is 20.7. The number of benzene rings is 3. The summed E-state index contributed by atoms with van der Waals surface area (Å²) < 4.78 is 22.7. The first-order valence-corrected chi connectivity index (χ1v) is 10.1. The van der Waals surface area contributed by atoms with Crippen molar-refractivity contribution in [2.45, 2.75) is 0 Å². The summed E-state index contributed by atoms with van der Waals surface area (Å²) in [7, 11) is 2.92. The second-order valence-electron chi connectivity index (χ2n) is 6.58. The van der Waals surface area contributed by atoms with Gasteiger partial charge in [0.1, 0.15) is 28.6 Å². The van der Waals surface area contributed by atoms with Crippen molar-refractivity contribution in [1.82, 2.24) is 0 Å². The van der Waals surface area contributed by atoms with Crippen LogP contribution < -0.4 is 18.9 Å². The summed E-state index contributed by atoms with van der Waals surface area (Å²) in [5, 5.41) is 0. The number of fused-ring (bicyclic) bond motifs is 1. The van der Waals surface area contributed by atoms with Crippen LogP contribution in [-0.2, 0) is 0 Å². The van der Waals surface area contributed by atoms with Gasteiger partial charge in [-0.3, -0.25) is 4.79 Å². The molecule has 0 atom stereocenters. The summed E-state index contributed by atoms with van der Waals surface area (Å²) in [6, 6.07) is 17.1. The smallest absolute Gasteiger partial charge is 0.351 e. The van der Waals surface area contributed by atoms with Crippen molar-refractivity contribution in [1.29, 1.82) is 0 Å². The summed E-state index contributed by atoms with van der Waals surface area (Å²) in [6.45, 7) is 0. The molecule has 0 bridgehead atoms. The zero-order chi connectivity index (χ0) is 22.0. The summed E-state index contributed by atoms with van der Waals surface area (Å²) in [5.41, 5.74) is 1.40. The van der Waals surface area contributed by atoms with Gasteiger partial charge in [0.2, 0.25) is 5.78 Å². The fourth-order valence-corrected chi connectivity index (χ4v) is 3.42. The van der Waals surface area contributed by atoms with E-state index in [2.05, 4.69) is 15.9 Å². The van der Waals surface area contributed by atoms with Gasteiger partial charge in [-0.25, -0.2) is 4.79 Å². The summed E-state index contributed by atoms with van der Waals surface area (Å²) in [6.07, 6.45) is 1.67. The molecule has 4 rings (SSSR count). The standard InChI is InChI=1S/C24H17BrO6/c1-28-18-4-3-5-19(29-2)22(18)24(27)30-16-10-11-17-20(13-16)31-21(23(17)26)12-14-6-8-15(25)9-7-14/h3-13H,1-2H3/b21-12-. The van der Waals surface area contributed by atoms with Crippen molar-refractivity contribution >= 4 is 33.8 Å². The normalized spacial score (nSPS) is 13.5. The number of allylic oxidation sites excluding steroid dienone is 1. The Labute approximate surface area is 187 Å². The molecule has 1 heterocycles. The van der Waals surface area contributed by atoms with E-state index in [9.17, 15) is 9.59 Å². The Kier molecular flexibility index (Phi) is 5.77. The highest BCUT2D eigenvalue weighted by molar-refractivity contribution is 9.10. The van der Waals surface area contributed by atoms with E-state index in [-0.39, 0.29) is 22.9 Å². The van der Waals surface area contributed by atoms with Crippen molar-refractivity contribution < 1.29 is 28.5 Å². The van der Waals surface area contributed by atoms with Crippen LogP contribution in [0.3, 0.4) is 0 Å². The van der Waals surface area contributed by atoms with Gasteiger partial charge in [0.25, 0.3) is 0 Å². The molecule has 1 aliphatic rings. The Hall–Kier alpha value is -3.58. The third-order valence-corrected chi connectivity index (χ3v) is 5.18. The van der Waals surface area contributed by atoms with Gasteiger partial charge in [0.05, 0.1) is 19.8 Å². The quantitative estimate of drug-likeness (QED) is 0.280. The van der Waals surface area contributed by atoms with E-state index >= 15 is 0 Å². The van der Waals surface area contributed by atoms with Crippen LogP contribution in [0.15, 0.2) is 70.9 Å². The van der Waals surface area contributed by atoms with Gasteiger partial charge < -0.3 is 18.9 Å². The lowest BCUT2D eigenvalue weighted by Gasteiger charge is -2.12. The molecule has 3 aromatic carbocycles. The predicted molar refractivity (Wildman–Crippen MR) is 118 cm³/mol. The number of ether oxygens (including phenoxy) is 4. The minimum absolute atomic E-state index is 0.167. The van der Waals surface area contributed by atoms with Crippen molar-refractivity contribution in [3.05, 3.63) is 87.6 Å². The number of hydrogen-bond acceptors (Lipinski definition) is 6. The van der Waals surface area contributed by atoms with E-state index in [1.54, 1.807) is 36.4 Å². The number of ketones is 1. The Morgan fingerprint density at radius 3 is 2.29 bits per heavy atom. The van der Waals surface area contributed by atoms with Gasteiger partial charge in [0.15, 0.2) is 5.76 Å². The van der Waals surface area contributed by atoms with Gasteiger partial charge in [-0.05, 0) is 48.0 Å². The Morgan fingerprint density at radius 2 is 1.65 bits per heavy atom. The number of methoxy groups -OCH3 is 2. The molecule has 0 saturated heterocycles. The fraction of sp³-hybridized carbons (Fsp3) is 0.0833. The third kappa shape index (κ3) is 4.18. The van der Waals surface area contributed by atoms with Crippen LogP contribution in [0, 0.1) is 0 Å². The van der Waals surface area contributed by atoms with Gasteiger partial charge in [-0.15, -0.1) is 0 Å². The first-order chi connectivity index (χ1) is 15.0. The molecule has 0 fully saturated rings. The molecule has 6 nitrogen and oxygen atoms in total. The van der Waals surface area contributed by atoms with E-state index in [1.165, 1.54) is 20.3 Å². The fourth-order valence-electron chi connectivity index (χ4n) is 3.15. The SMILES string of the molecule is COc1cccc(OC)c1C(=O)Oc1ccc2c(c1)O/C(=C\c1ccc(Br)cc1)C2=O. The Balaban J connectivity index is 1.58. The lowest BCUT2D eigenvalue weighted by atomic mass is 10.1. The lowest BCUT2D eigenvalue weighted by molar-refractivity contribution is 0.0727. The van der Waals surface area contributed by atoms with E-state index < -0.39 is 5.97 Å². The van der Waals surface area contributed by atoms with Crippen LogP contribution in [0.25, 0.3) is 6.08 Å². The molecule has 0 radical (unpaired) electrons. The lowest BCUT2D eigenvalue weighted by Crippen LogP contribution is -2.12. The number of Topliss-reactive ketones (excluding diaryl/α,β-unsaturated/α-hetero) is 1. The number of hydrogen-bond donors (Lipinski definition) is 0. The molecule has 0 N–H and O–H groups in total. The zero-order valence-electron chi connectivity index (χ0n) is 16.7. The highest BCUT2D eigenvalue weighted by Gasteiger charge is 2.28. The molecule has 0 spiro atoms. The number of carbonyl (C=O) groups is 2.